The van der Waals surface area contributed by atoms with E-state index in [4.69, 9.17) is 5.26 Å². The van der Waals surface area contributed by atoms with Crippen molar-refractivity contribution in [2.24, 2.45) is 14.1 Å². The molecule has 2 aromatic rings. The summed E-state index contributed by atoms with van der Waals surface area (Å²) >= 11 is 0. The van der Waals surface area contributed by atoms with Crippen LogP contribution in [0.15, 0.2) is 15.9 Å². The first-order chi connectivity index (χ1) is 9.97. The van der Waals surface area contributed by atoms with Gasteiger partial charge >= 0.3 is 5.69 Å². The third kappa shape index (κ3) is 2.55. The van der Waals surface area contributed by atoms with Crippen LogP contribution in [-0.4, -0.2) is 31.1 Å². The summed E-state index contributed by atoms with van der Waals surface area (Å²) in [6.07, 6.45) is 1.56. The van der Waals surface area contributed by atoms with E-state index in [2.05, 4.69) is 10.3 Å². The standard InChI is InChI=1S/C12H14N6O3/c1-16-10-9(11(20)17(2)12(16)21)18(7-15-10)6-8(19)14-5-3-4-13/h7H,3,5-6H2,1-2H3,(H,14,19). The Morgan fingerprint density at radius 3 is 2.76 bits per heavy atom. The number of imidazole rings is 1. The summed E-state index contributed by atoms with van der Waals surface area (Å²) in [4.78, 5) is 39.7. The second-order valence-electron chi connectivity index (χ2n) is 4.51. The molecular formula is C12H14N6O3. The van der Waals surface area contributed by atoms with Crippen molar-refractivity contribution in [2.45, 2.75) is 13.0 Å². The van der Waals surface area contributed by atoms with Crippen molar-refractivity contribution >= 4 is 17.1 Å². The van der Waals surface area contributed by atoms with Gasteiger partial charge in [-0.25, -0.2) is 9.78 Å². The molecule has 0 bridgehead atoms. The van der Waals surface area contributed by atoms with Crippen LogP contribution in [-0.2, 0) is 25.4 Å². The summed E-state index contributed by atoms with van der Waals surface area (Å²) in [6.45, 7) is 0.147. The van der Waals surface area contributed by atoms with Gasteiger partial charge in [0, 0.05) is 20.6 Å². The fraction of sp³-hybridized carbons (Fsp3) is 0.417. The molecule has 2 rings (SSSR count). The molecular weight excluding hydrogens is 276 g/mol. The van der Waals surface area contributed by atoms with Gasteiger partial charge in [0.05, 0.1) is 18.8 Å². The van der Waals surface area contributed by atoms with Crippen LogP contribution < -0.4 is 16.6 Å². The molecule has 0 unspecified atom stereocenters. The molecule has 0 spiro atoms. The number of aryl methyl sites for hydroxylation is 1. The molecule has 110 valence electrons. The van der Waals surface area contributed by atoms with E-state index in [-0.39, 0.29) is 36.6 Å². The van der Waals surface area contributed by atoms with Gasteiger partial charge in [0.25, 0.3) is 5.56 Å². The second kappa shape index (κ2) is 5.62. The number of amides is 1. The predicted octanol–water partition coefficient (Wildman–Crippen LogP) is -1.54. The average molecular weight is 290 g/mol. The highest BCUT2D eigenvalue weighted by molar-refractivity contribution is 5.78. The van der Waals surface area contributed by atoms with E-state index < -0.39 is 11.2 Å². The fourth-order valence-corrected chi connectivity index (χ4v) is 1.99. The number of nitriles is 1. The SMILES string of the molecule is Cn1c(=O)c2c(ncn2CC(=O)NCCC#N)n(C)c1=O. The number of carbonyl (C=O) groups is 1. The fourth-order valence-electron chi connectivity index (χ4n) is 1.99. The molecule has 0 fully saturated rings. The number of hydrogen-bond donors (Lipinski definition) is 1. The lowest BCUT2D eigenvalue weighted by Crippen LogP contribution is -2.38. The summed E-state index contributed by atoms with van der Waals surface area (Å²) in [7, 11) is 2.88. The van der Waals surface area contributed by atoms with Crippen LogP contribution in [0.1, 0.15) is 6.42 Å². The van der Waals surface area contributed by atoms with Crippen molar-refractivity contribution in [3.8, 4) is 6.07 Å². The highest BCUT2D eigenvalue weighted by Crippen LogP contribution is 2.04. The molecule has 1 N–H and O–H groups in total. The molecule has 2 heterocycles. The minimum absolute atomic E-state index is 0.102. The van der Waals surface area contributed by atoms with E-state index in [1.165, 1.54) is 29.6 Å². The number of aromatic nitrogens is 4. The first kappa shape index (κ1) is 14.5. The van der Waals surface area contributed by atoms with Crippen molar-refractivity contribution in [3.63, 3.8) is 0 Å². The second-order valence-corrected chi connectivity index (χ2v) is 4.51. The zero-order chi connectivity index (χ0) is 15.6. The Morgan fingerprint density at radius 2 is 2.10 bits per heavy atom. The molecule has 0 aliphatic heterocycles. The topological polar surface area (TPSA) is 115 Å². The van der Waals surface area contributed by atoms with Crippen LogP contribution in [0.25, 0.3) is 11.2 Å². The van der Waals surface area contributed by atoms with Crippen molar-refractivity contribution in [1.29, 1.82) is 5.26 Å². The molecule has 9 nitrogen and oxygen atoms in total. The summed E-state index contributed by atoms with van der Waals surface area (Å²) < 4.78 is 3.60. The number of carbonyl (C=O) groups excluding carboxylic acids is 1. The quantitative estimate of drug-likeness (QED) is 0.685. The van der Waals surface area contributed by atoms with Crippen LogP contribution in [0, 0.1) is 11.3 Å². The summed E-state index contributed by atoms with van der Waals surface area (Å²) in [6, 6.07) is 1.92. The van der Waals surface area contributed by atoms with Crippen LogP contribution in [0.4, 0.5) is 0 Å². The lowest BCUT2D eigenvalue weighted by Gasteiger charge is -2.06. The predicted molar refractivity (Wildman–Crippen MR) is 73.5 cm³/mol. The Hall–Kier alpha value is -2.89. The van der Waals surface area contributed by atoms with Gasteiger partial charge in [0.1, 0.15) is 6.54 Å². The Kier molecular flexibility index (Phi) is 3.89. The minimum atomic E-state index is -0.504. The molecule has 21 heavy (non-hydrogen) atoms. The van der Waals surface area contributed by atoms with Crippen molar-refractivity contribution in [1.82, 2.24) is 24.0 Å². The largest absolute Gasteiger partial charge is 0.354 e. The van der Waals surface area contributed by atoms with E-state index in [9.17, 15) is 14.4 Å². The van der Waals surface area contributed by atoms with Gasteiger partial charge in [-0.15, -0.1) is 0 Å². The minimum Gasteiger partial charge on any atom is -0.354 e. The smallest absolute Gasteiger partial charge is 0.332 e. The maximum Gasteiger partial charge on any atom is 0.332 e. The number of nitrogens with zero attached hydrogens (tertiary/aromatic N) is 5. The van der Waals surface area contributed by atoms with Gasteiger partial charge in [-0.3, -0.25) is 18.7 Å². The lowest BCUT2D eigenvalue weighted by atomic mass is 10.4. The summed E-state index contributed by atoms with van der Waals surface area (Å²) in [5, 5.41) is 11.0. The van der Waals surface area contributed by atoms with E-state index in [1.54, 1.807) is 0 Å². The monoisotopic (exact) mass is 290 g/mol. The first-order valence-corrected chi connectivity index (χ1v) is 6.22. The molecule has 0 saturated carbocycles. The average Bonchev–Trinajstić information content (AvgIpc) is 2.87. The Balaban J connectivity index is 2.39. The van der Waals surface area contributed by atoms with Crippen molar-refractivity contribution < 1.29 is 4.79 Å². The molecule has 9 heteroatoms. The molecule has 0 aliphatic rings. The molecule has 2 aromatic heterocycles. The molecule has 0 radical (unpaired) electrons. The lowest BCUT2D eigenvalue weighted by molar-refractivity contribution is -0.121. The molecule has 0 atom stereocenters. The maximum atomic E-state index is 12.1. The highest BCUT2D eigenvalue weighted by Gasteiger charge is 2.15. The maximum absolute atomic E-state index is 12.1. The van der Waals surface area contributed by atoms with E-state index in [0.717, 1.165) is 4.57 Å². The van der Waals surface area contributed by atoms with E-state index in [1.807, 2.05) is 6.07 Å². The van der Waals surface area contributed by atoms with Gasteiger partial charge in [-0.05, 0) is 0 Å². The van der Waals surface area contributed by atoms with Crippen LogP contribution in [0.3, 0.4) is 0 Å². The number of fused-ring (bicyclic) bond motifs is 1. The van der Waals surface area contributed by atoms with Crippen LogP contribution in [0.2, 0.25) is 0 Å². The van der Waals surface area contributed by atoms with Crippen LogP contribution in [0.5, 0.6) is 0 Å². The van der Waals surface area contributed by atoms with Crippen LogP contribution >= 0.6 is 0 Å². The highest BCUT2D eigenvalue weighted by atomic mass is 16.2. The molecule has 0 aromatic carbocycles. The number of nitrogens with one attached hydrogen (secondary N) is 1. The third-order valence-corrected chi connectivity index (χ3v) is 3.09. The third-order valence-electron chi connectivity index (χ3n) is 3.09. The molecule has 1 amide bonds. The van der Waals surface area contributed by atoms with Crippen molar-refractivity contribution in [2.75, 3.05) is 6.54 Å². The summed E-state index contributed by atoms with van der Waals surface area (Å²) in [5.41, 5.74) is -0.561. The Bertz CT molecular complexity index is 851. The summed E-state index contributed by atoms with van der Waals surface area (Å²) in [5.74, 6) is -0.333. The zero-order valence-corrected chi connectivity index (χ0v) is 11.7. The Morgan fingerprint density at radius 1 is 1.38 bits per heavy atom. The van der Waals surface area contributed by atoms with E-state index in [0.29, 0.717) is 0 Å². The molecule has 0 aliphatic carbocycles. The first-order valence-electron chi connectivity index (χ1n) is 6.22. The number of rotatable bonds is 4. The van der Waals surface area contributed by atoms with Gasteiger partial charge in [0.15, 0.2) is 11.2 Å². The van der Waals surface area contributed by atoms with Gasteiger partial charge in [-0.1, -0.05) is 0 Å². The Labute approximate surface area is 119 Å². The van der Waals surface area contributed by atoms with Gasteiger partial charge in [-0.2, -0.15) is 5.26 Å². The normalized spacial score (nSPS) is 10.5. The van der Waals surface area contributed by atoms with Gasteiger partial charge in [0.2, 0.25) is 5.91 Å². The zero-order valence-electron chi connectivity index (χ0n) is 11.7. The van der Waals surface area contributed by atoms with Gasteiger partial charge < -0.3 is 9.88 Å². The molecule has 0 saturated heterocycles. The number of hydrogen-bond acceptors (Lipinski definition) is 5. The van der Waals surface area contributed by atoms with Crippen molar-refractivity contribution in [3.05, 3.63) is 27.2 Å². The van der Waals surface area contributed by atoms with E-state index >= 15 is 0 Å².